The second-order valence-corrected chi connectivity index (χ2v) is 5.72. The van der Waals surface area contributed by atoms with Gasteiger partial charge in [-0.2, -0.15) is 0 Å². The second-order valence-electron chi connectivity index (χ2n) is 4.70. The van der Waals surface area contributed by atoms with Crippen molar-refractivity contribution in [3.05, 3.63) is 35.0 Å². The summed E-state index contributed by atoms with van der Waals surface area (Å²) in [5.74, 6) is -0.116. The molecule has 0 unspecified atom stereocenters. The molecule has 0 radical (unpaired) electrons. The number of hydrogen-bond acceptors (Lipinski definition) is 5. The van der Waals surface area contributed by atoms with Crippen LogP contribution in [0.3, 0.4) is 0 Å². The van der Waals surface area contributed by atoms with Gasteiger partial charge in [0.1, 0.15) is 4.88 Å². The lowest BCUT2D eigenvalue weighted by molar-refractivity contribution is 0.0533. The molecular formula is C15H18N2O2S. The molecule has 4 nitrogen and oxygen atoms in total. The van der Waals surface area contributed by atoms with Crippen molar-refractivity contribution in [2.24, 2.45) is 0 Å². The zero-order valence-electron chi connectivity index (χ0n) is 11.8. The van der Waals surface area contributed by atoms with Crippen LogP contribution in [0.2, 0.25) is 0 Å². The van der Waals surface area contributed by atoms with Crippen molar-refractivity contribution in [1.29, 1.82) is 0 Å². The van der Waals surface area contributed by atoms with Crippen LogP contribution in [0.1, 0.15) is 41.9 Å². The van der Waals surface area contributed by atoms with Crippen molar-refractivity contribution in [2.75, 3.05) is 12.3 Å². The quantitative estimate of drug-likeness (QED) is 0.872. The molecule has 2 N–H and O–H groups in total. The molecule has 5 heteroatoms. The van der Waals surface area contributed by atoms with Gasteiger partial charge in [-0.05, 0) is 36.1 Å². The number of nitrogens with two attached hydrogens (primary N) is 1. The third-order valence-corrected chi connectivity index (χ3v) is 4.21. The van der Waals surface area contributed by atoms with Crippen molar-refractivity contribution in [3.63, 3.8) is 0 Å². The van der Waals surface area contributed by atoms with E-state index in [0.717, 1.165) is 16.0 Å². The SMILES string of the molecule is CCOC(=O)c1sc(-c2ccncc2)c(C(C)C)c1N. The Bertz CT molecular complexity index is 606. The topological polar surface area (TPSA) is 65.2 Å². The Morgan fingerprint density at radius 2 is 2.05 bits per heavy atom. The largest absolute Gasteiger partial charge is 0.462 e. The summed E-state index contributed by atoms with van der Waals surface area (Å²) in [4.78, 5) is 17.5. The Balaban J connectivity index is 2.57. The predicted octanol–water partition coefficient (Wildman–Crippen LogP) is 3.69. The smallest absolute Gasteiger partial charge is 0.350 e. The van der Waals surface area contributed by atoms with Gasteiger partial charge in [-0.3, -0.25) is 4.98 Å². The minimum Gasteiger partial charge on any atom is -0.462 e. The van der Waals surface area contributed by atoms with Gasteiger partial charge in [0, 0.05) is 17.3 Å². The molecule has 20 heavy (non-hydrogen) atoms. The lowest BCUT2D eigenvalue weighted by Crippen LogP contribution is -2.06. The molecule has 0 bridgehead atoms. The van der Waals surface area contributed by atoms with E-state index in [0.29, 0.717) is 17.2 Å². The van der Waals surface area contributed by atoms with Crippen LogP contribution >= 0.6 is 11.3 Å². The van der Waals surface area contributed by atoms with E-state index in [9.17, 15) is 4.79 Å². The maximum atomic E-state index is 12.0. The molecule has 0 aromatic carbocycles. The molecule has 2 aromatic heterocycles. The number of carbonyl (C=O) groups excluding carboxylic acids is 1. The molecule has 2 rings (SSSR count). The van der Waals surface area contributed by atoms with Crippen LogP contribution in [0.25, 0.3) is 10.4 Å². The molecule has 0 saturated heterocycles. The Morgan fingerprint density at radius 1 is 1.40 bits per heavy atom. The number of thiophene rings is 1. The summed E-state index contributed by atoms with van der Waals surface area (Å²) in [6.45, 7) is 6.27. The number of nitrogen functional groups attached to an aromatic ring is 1. The van der Waals surface area contributed by atoms with Crippen LogP contribution in [0, 0.1) is 0 Å². The number of anilines is 1. The zero-order chi connectivity index (χ0) is 14.7. The van der Waals surface area contributed by atoms with Crippen LogP contribution in [0.15, 0.2) is 24.5 Å². The summed E-state index contributed by atoms with van der Waals surface area (Å²) < 4.78 is 5.07. The standard InChI is InChI=1S/C15H18N2O2S/c1-4-19-15(18)14-12(16)11(9(2)3)13(20-14)10-5-7-17-8-6-10/h5-9H,4,16H2,1-3H3. The van der Waals surface area contributed by atoms with Crippen molar-refractivity contribution in [3.8, 4) is 10.4 Å². The molecule has 0 aliphatic rings. The average Bonchev–Trinajstić information content (AvgIpc) is 2.78. The Labute approximate surface area is 122 Å². The van der Waals surface area contributed by atoms with Crippen molar-refractivity contribution in [2.45, 2.75) is 26.7 Å². The fourth-order valence-corrected chi connectivity index (χ4v) is 3.37. The first-order valence-corrected chi connectivity index (χ1v) is 7.37. The molecule has 106 valence electrons. The summed E-state index contributed by atoms with van der Waals surface area (Å²) in [6, 6.07) is 3.85. The molecule has 0 spiro atoms. The Hall–Kier alpha value is -1.88. The normalized spacial score (nSPS) is 10.8. The molecule has 0 saturated carbocycles. The van der Waals surface area contributed by atoms with Gasteiger partial charge < -0.3 is 10.5 Å². The summed E-state index contributed by atoms with van der Waals surface area (Å²) in [5.41, 5.74) is 8.73. The van der Waals surface area contributed by atoms with Crippen LogP contribution in [0.5, 0.6) is 0 Å². The van der Waals surface area contributed by atoms with Gasteiger partial charge >= 0.3 is 5.97 Å². The monoisotopic (exact) mass is 290 g/mol. The Morgan fingerprint density at radius 3 is 2.60 bits per heavy atom. The van der Waals surface area contributed by atoms with Crippen LogP contribution in [0.4, 0.5) is 5.69 Å². The summed E-state index contributed by atoms with van der Waals surface area (Å²) in [5, 5.41) is 0. The van der Waals surface area contributed by atoms with Crippen LogP contribution in [-0.4, -0.2) is 17.6 Å². The number of carbonyl (C=O) groups is 1. The molecule has 2 aromatic rings. The van der Waals surface area contributed by atoms with Crippen molar-refractivity contribution < 1.29 is 9.53 Å². The van der Waals surface area contributed by atoms with E-state index in [-0.39, 0.29) is 11.9 Å². The maximum absolute atomic E-state index is 12.0. The third-order valence-electron chi connectivity index (χ3n) is 2.96. The summed E-state index contributed by atoms with van der Waals surface area (Å²) in [6.07, 6.45) is 3.47. The lowest BCUT2D eigenvalue weighted by Gasteiger charge is -2.08. The summed E-state index contributed by atoms with van der Waals surface area (Å²) >= 11 is 1.39. The lowest BCUT2D eigenvalue weighted by atomic mass is 9.99. The van der Waals surface area contributed by atoms with E-state index in [1.807, 2.05) is 12.1 Å². The molecular weight excluding hydrogens is 272 g/mol. The second kappa shape index (κ2) is 6.05. The van der Waals surface area contributed by atoms with Gasteiger partial charge in [-0.15, -0.1) is 11.3 Å². The number of hydrogen-bond donors (Lipinski definition) is 1. The number of rotatable bonds is 4. The predicted molar refractivity (Wildman–Crippen MR) is 82.0 cm³/mol. The van der Waals surface area contributed by atoms with Gasteiger partial charge in [0.25, 0.3) is 0 Å². The minimum absolute atomic E-state index is 0.234. The fourth-order valence-electron chi connectivity index (χ4n) is 2.10. The van der Waals surface area contributed by atoms with Gasteiger partial charge in [0.15, 0.2) is 0 Å². The van der Waals surface area contributed by atoms with E-state index < -0.39 is 0 Å². The number of ether oxygens (including phenoxy) is 1. The number of esters is 1. The van der Waals surface area contributed by atoms with Gasteiger partial charge in [-0.1, -0.05) is 13.8 Å². The summed E-state index contributed by atoms with van der Waals surface area (Å²) in [7, 11) is 0. The minimum atomic E-state index is -0.350. The molecule has 0 fully saturated rings. The van der Waals surface area contributed by atoms with Gasteiger partial charge in [-0.25, -0.2) is 4.79 Å². The van der Waals surface area contributed by atoms with Gasteiger partial charge in [0.2, 0.25) is 0 Å². The van der Waals surface area contributed by atoms with E-state index >= 15 is 0 Å². The third kappa shape index (κ3) is 2.67. The zero-order valence-corrected chi connectivity index (χ0v) is 12.7. The maximum Gasteiger partial charge on any atom is 0.350 e. The van der Waals surface area contributed by atoms with Crippen molar-refractivity contribution >= 4 is 23.0 Å². The fraction of sp³-hybridized carbons (Fsp3) is 0.333. The van der Waals surface area contributed by atoms with Gasteiger partial charge in [0.05, 0.1) is 12.3 Å². The highest BCUT2D eigenvalue weighted by molar-refractivity contribution is 7.18. The highest BCUT2D eigenvalue weighted by Crippen LogP contribution is 2.42. The molecule has 0 aliphatic carbocycles. The van der Waals surface area contributed by atoms with E-state index in [1.54, 1.807) is 19.3 Å². The first-order valence-electron chi connectivity index (χ1n) is 6.55. The number of aromatic nitrogens is 1. The molecule has 0 atom stereocenters. The number of nitrogens with zero attached hydrogens (tertiary/aromatic N) is 1. The van der Waals surface area contributed by atoms with E-state index in [2.05, 4.69) is 18.8 Å². The molecule has 0 amide bonds. The highest BCUT2D eigenvalue weighted by Gasteiger charge is 2.24. The molecule has 0 aliphatic heterocycles. The molecule has 2 heterocycles. The van der Waals surface area contributed by atoms with E-state index in [1.165, 1.54) is 11.3 Å². The first-order chi connectivity index (χ1) is 9.56. The number of pyridine rings is 1. The first kappa shape index (κ1) is 14.5. The van der Waals surface area contributed by atoms with Crippen molar-refractivity contribution in [1.82, 2.24) is 4.98 Å². The average molecular weight is 290 g/mol. The Kier molecular flexibility index (Phi) is 4.39. The highest BCUT2D eigenvalue weighted by atomic mass is 32.1. The van der Waals surface area contributed by atoms with Crippen LogP contribution < -0.4 is 5.73 Å². The van der Waals surface area contributed by atoms with E-state index in [4.69, 9.17) is 10.5 Å². The van der Waals surface area contributed by atoms with Crippen LogP contribution in [-0.2, 0) is 4.74 Å².